The fourth-order valence-electron chi connectivity index (χ4n) is 1.63. The van der Waals surface area contributed by atoms with Gasteiger partial charge in [-0.25, -0.2) is 0 Å². The van der Waals surface area contributed by atoms with Crippen molar-refractivity contribution in [1.82, 2.24) is 4.98 Å². The van der Waals surface area contributed by atoms with Crippen molar-refractivity contribution >= 4 is 16.6 Å². The molecule has 0 aliphatic rings. The van der Waals surface area contributed by atoms with Gasteiger partial charge < -0.3 is 5.32 Å². The molecular weight excluding hydrogens is 238 g/mol. The maximum atomic E-state index is 9.23. The molecule has 0 saturated heterocycles. The van der Waals surface area contributed by atoms with E-state index >= 15 is 0 Å². The summed E-state index contributed by atoms with van der Waals surface area (Å²) >= 11 is 0. The molecule has 1 heterocycles. The van der Waals surface area contributed by atoms with Gasteiger partial charge in [-0.2, -0.15) is 15.8 Å². The molecule has 5 nitrogen and oxygen atoms in total. The molecule has 2 aromatic rings. The topological polar surface area (TPSA) is 96.3 Å². The van der Waals surface area contributed by atoms with Crippen molar-refractivity contribution in [3.05, 3.63) is 47.8 Å². The van der Waals surface area contributed by atoms with E-state index in [4.69, 9.17) is 10.5 Å². The van der Waals surface area contributed by atoms with Gasteiger partial charge in [0.05, 0.1) is 16.8 Å². The van der Waals surface area contributed by atoms with Gasteiger partial charge in [-0.15, -0.1) is 0 Å². The van der Waals surface area contributed by atoms with Crippen molar-refractivity contribution in [2.75, 3.05) is 5.32 Å². The summed E-state index contributed by atoms with van der Waals surface area (Å²) in [6, 6.07) is 12.6. The summed E-state index contributed by atoms with van der Waals surface area (Å²) in [6.07, 6.45) is 2.93. The lowest BCUT2D eigenvalue weighted by atomic mass is 10.1. The Bertz CT molecular complexity index is 768. The third-order valence-electron chi connectivity index (χ3n) is 2.51. The molecule has 0 unspecified atom stereocenters. The highest BCUT2D eigenvalue weighted by Crippen LogP contribution is 2.24. The molecule has 88 valence electrons. The Morgan fingerprint density at radius 2 is 1.95 bits per heavy atom. The molecule has 0 radical (unpaired) electrons. The highest BCUT2D eigenvalue weighted by atomic mass is 14.8. The summed E-state index contributed by atoms with van der Waals surface area (Å²) < 4.78 is 0. The number of rotatable bonds is 2. The first-order valence-corrected chi connectivity index (χ1v) is 5.35. The number of fused-ring (bicyclic) bond motifs is 1. The van der Waals surface area contributed by atoms with Crippen LogP contribution in [0.3, 0.4) is 0 Å². The predicted molar refractivity (Wildman–Crippen MR) is 69.4 cm³/mol. The van der Waals surface area contributed by atoms with Crippen LogP contribution in [0.1, 0.15) is 5.56 Å². The molecule has 0 aliphatic heterocycles. The van der Waals surface area contributed by atoms with Crippen LogP contribution in [-0.2, 0) is 0 Å². The average molecular weight is 245 g/mol. The van der Waals surface area contributed by atoms with Crippen molar-refractivity contribution in [3.63, 3.8) is 0 Å². The Balaban J connectivity index is 2.52. The molecule has 0 atom stereocenters. The summed E-state index contributed by atoms with van der Waals surface area (Å²) in [7, 11) is 0. The van der Waals surface area contributed by atoms with E-state index in [1.54, 1.807) is 42.6 Å². The minimum Gasteiger partial charge on any atom is -0.359 e. The fourth-order valence-corrected chi connectivity index (χ4v) is 1.63. The van der Waals surface area contributed by atoms with Crippen LogP contribution in [0.15, 0.2) is 42.2 Å². The zero-order valence-corrected chi connectivity index (χ0v) is 9.75. The first-order chi connectivity index (χ1) is 9.30. The van der Waals surface area contributed by atoms with Crippen LogP contribution in [0, 0.1) is 34.0 Å². The third kappa shape index (κ3) is 2.34. The number of aromatic nitrogens is 1. The summed E-state index contributed by atoms with van der Waals surface area (Å²) in [5.74, 6) is 0. The Morgan fingerprint density at radius 3 is 2.63 bits per heavy atom. The molecule has 0 saturated carbocycles. The van der Waals surface area contributed by atoms with Gasteiger partial charge in [-0.05, 0) is 24.3 Å². The van der Waals surface area contributed by atoms with Crippen LogP contribution in [0.5, 0.6) is 0 Å². The molecule has 0 aliphatic carbocycles. The second-order valence-corrected chi connectivity index (χ2v) is 3.60. The molecule has 0 fully saturated rings. The van der Waals surface area contributed by atoms with E-state index < -0.39 is 0 Å². The predicted octanol–water partition coefficient (Wildman–Crippen LogP) is 2.45. The summed E-state index contributed by atoms with van der Waals surface area (Å²) in [4.78, 5) is 4.16. The van der Waals surface area contributed by atoms with Crippen molar-refractivity contribution in [2.24, 2.45) is 0 Å². The minimum atomic E-state index is -0.0600. The second kappa shape index (κ2) is 5.31. The molecule has 19 heavy (non-hydrogen) atoms. The number of benzene rings is 1. The van der Waals surface area contributed by atoms with Gasteiger partial charge in [0.25, 0.3) is 0 Å². The van der Waals surface area contributed by atoms with Crippen LogP contribution in [-0.4, -0.2) is 4.98 Å². The lowest BCUT2D eigenvalue weighted by Gasteiger charge is -2.06. The highest BCUT2D eigenvalue weighted by Gasteiger charge is 2.06. The van der Waals surface area contributed by atoms with Gasteiger partial charge in [0, 0.05) is 17.8 Å². The third-order valence-corrected chi connectivity index (χ3v) is 2.51. The first kappa shape index (κ1) is 12.1. The van der Waals surface area contributed by atoms with Gasteiger partial charge in [-0.3, -0.25) is 4.98 Å². The van der Waals surface area contributed by atoms with E-state index in [1.807, 2.05) is 0 Å². The quantitative estimate of drug-likeness (QED) is 0.819. The van der Waals surface area contributed by atoms with Gasteiger partial charge in [0.15, 0.2) is 0 Å². The standard InChI is InChI=1S/C14H7N5/c15-6-10(7-16)9-19-14-4-3-13-11(12(14)8-17)2-1-5-18-13/h1-5,9,19H. The Kier molecular flexibility index (Phi) is 3.39. The monoisotopic (exact) mass is 245 g/mol. The Hall–Kier alpha value is -3.36. The van der Waals surface area contributed by atoms with Crippen molar-refractivity contribution in [3.8, 4) is 18.2 Å². The number of hydrogen-bond donors (Lipinski definition) is 1. The zero-order valence-electron chi connectivity index (χ0n) is 9.75. The number of nitriles is 3. The number of hydrogen-bond acceptors (Lipinski definition) is 5. The number of anilines is 1. The van der Waals surface area contributed by atoms with Crippen LogP contribution >= 0.6 is 0 Å². The summed E-state index contributed by atoms with van der Waals surface area (Å²) in [5, 5.41) is 30.0. The maximum Gasteiger partial charge on any atom is 0.145 e. The van der Waals surface area contributed by atoms with Crippen LogP contribution in [0.4, 0.5) is 5.69 Å². The van der Waals surface area contributed by atoms with Gasteiger partial charge >= 0.3 is 0 Å². The smallest absolute Gasteiger partial charge is 0.145 e. The maximum absolute atomic E-state index is 9.23. The number of nitrogens with one attached hydrogen (secondary N) is 1. The highest BCUT2D eigenvalue weighted by molar-refractivity contribution is 5.90. The molecule has 1 N–H and O–H groups in total. The summed E-state index contributed by atoms with van der Waals surface area (Å²) in [5.41, 5.74) is 1.62. The number of nitrogens with zero attached hydrogens (tertiary/aromatic N) is 4. The number of pyridine rings is 1. The Labute approximate surface area is 109 Å². The average Bonchev–Trinajstić information content (AvgIpc) is 2.47. The van der Waals surface area contributed by atoms with E-state index in [9.17, 15) is 5.26 Å². The first-order valence-electron chi connectivity index (χ1n) is 5.35. The molecule has 2 rings (SSSR count). The molecule has 0 amide bonds. The van der Waals surface area contributed by atoms with E-state index in [0.717, 1.165) is 10.9 Å². The lowest BCUT2D eigenvalue weighted by molar-refractivity contribution is 1.39. The fraction of sp³-hybridized carbons (Fsp3) is 0. The van der Waals surface area contributed by atoms with Crippen molar-refractivity contribution in [1.29, 1.82) is 15.8 Å². The molecule has 5 heteroatoms. The molecule has 1 aromatic heterocycles. The summed E-state index contributed by atoms with van der Waals surface area (Å²) in [6.45, 7) is 0. The SMILES string of the molecule is N#CC(C#N)=CNc1ccc2ncccc2c1C#N. The van der Waals surface area contributed by atoms with Crippen LogP contribution < -0.4 is 5.32 Å². The van der Waals surface area contributed by atoms with Crippen LogP contribution in [0.25, 0.3) is 10.9 Å². The van der Waals surface area contributed by atoms with Crippen LogP contribution in [0.2, 0.25) is 0 Å². The zero-order chi connectivity index (χ0) is 13.7. The van der Waals surface area contributed by atoms with E-state index in [0.29, 0.717) is 11.3 Å². The molecule has 0 bridgehead atoms. The largest absolute Gasteiger partial charge is 0.359 e. The second-order valence-electron chi connectivity index (χ2n) is 3.60. The minimum absolute atomic E-state index is 0.0600. The normalized spacial score (nSPS) is 8.89. The van der Waals surface area contributed by atoms with Gasteiger partial charge in [0.1, 0.15) is 23.8 Å². The van der Waals surface area contributed by atoms with Crippen molar-refractivity contribution < 1.29 is 0 Å². The molecular formula is C14H7N5. The molecule has 0 spiro atoms. The van der Waals surface area contributed by atoms with Gasteiger partial charge in [0.2, 0.25) is 0 Å². The number of allylic oxidation sites excluding steroid dienone is 1. The van der Waals surface area contributed by atoms with E-state index in [1.165, 1.54) is 6.20 Å². The van der Waals surface area contributed by atoms with Gasteiger partial charge in [-0.1, -0.05) is 0 Å². The van der Waals surface area contributed by atoms with Crippen molar-refractivity contribution in [2.45, 2.75) is 0 Å². The lowest BCUT2D eigenvalue weighted by Crippen LogP contribution is -1.95. The Morgan fingerprint density at radius 1 is 1.16 bits per heavy atom. The van der Waals surface area contributed by atoms with E-state index in [-0.39, 0.29) is 5.57 Å². The van der Waals surface area contributed by atoms with E-state index in [2.05, 4.69) is 16.4 Å². The molecule has 1 aromatic carbocycles.